The highest BCUT2D eigenvalue weighted by atomic mass is 16.6. The van der Waals surface area contributed by atoms with Crippen molar-refractivity contribution in [2.24, 2.45) is 0 Å². The monoisotopic (exact) mass is 277 g/mol. The van der Waals surface area contributed by atoms with Crippen molar-refractivity contribution in [1.82, 2.24) is 5.32 Å². The molecule has 0 aliphatic heterocycles. The minimum absolute atomic E-state index is 0.155. The van der Waals surface area contributed by atoms with Gasteiger partial charge in [-0.05, 0) is 24.8 Å². The van der Waals surface area contributed by atoms with Crippen LogP contribution in [0.25, 0.3) is 0 Å². The average molecular weight is 277 g/mol. The quantitative estimate of drug-likeness (QED) is 0.839. The molecule has 0 saturated heterocycles. The predicted octanol–water partition coefficient (Wildman–Crippen LogP) is 2.40. The van der Waals surface area contributed by atoms with Gasteiger partial charge in [0.15, 0.2) is 0 Å². The van der Waals surface area contributed by atoms with E-state index in [0.29, 0.717) is 6.47 Å². The minimum atomic E-state index is -0.472. The van der Waals surface area contributed by atoms with E-state index >= 15 is 0 Å². The van der Waals surface area contributed by atoms with E-state index in [1.165, 1.54) is 0 Å². The van der Waals surface area contributed by atoms with Crippen LogP contribution in [0.2, 0.25) is 0 Å². The molecule has 1 N–H and O–H groups in total. The maximum absolute atomic E-state index is 11.8. The topological polar surface area (TPSA) is 64.6 Å². The van der Waals surface area contributed by atoms with Gasteiger partial charge in [0.25, 0.3) is 6.47 Å². The second-order valence-corrected chi connectivity index (χ2v) is 4.87. The first kappa shape index (κ1) is 14.4. The number of hydrogen-bond donors (Lipinski definition) is 1. The van der Waals surface area contributed by atoms with Gasteiger partial charge in [0.05, 0.1) is 6.04 Å². The van der Waals surface area contributed by atoms with Crippen LogP contribution in [0.1, 0.15) is 31.2 Å². The summed E-state index contributed by atoms with van der Waals surface area (Å²) in [5, 5.41) is 2.78. The fourth-order valence-electron chi connectivity index (χ4n) is 2.41. The van der Waals surface area contributed by atoms with Crippen molar-refractivity contribution in [3.05, 3.63) is 35.9 Å². The van der Waals surface area contributed by atoms with Crippen LogP contribution in [0.3, 0.4) is 0 Å². The molecule has 2 unspecified atom stereocenters. The molecule has 0 radical (unpaired) electrons. The van der Waals surface area contributed by atoms with Gasteiger partial charge in [0.1, 0.15) is 12.7 Å². The van der Waals surface area contributed by atoms with Crippen LogP contribution in [-0.4, -0.2) is 24.7 Å². The molecule has 0 bridgehead atoms. The van der Waals surface area contributed by atoms with Crippen molar-refractivity contribution in [2.45, 2.75) is 44.4 Å². The predicted molar refractivity (Wildman–Crippen MR) is 73.0 cm³/mol. The van der Waals surface area contributed by atoms with Crippen molar-refractivity contribution < 1.29 is 19.1 Å². The smallest absolute Gasteiger partial charge is 0.407 e. The standard InChI is InChI=1S/C15H19NO4/c17-11-20-14-9-5-4-8-13(14)16-15(18)19-10-12-6-2-1-3-7-12/h1-3,6-7,11,13-14H,4-5,8-10H2,(H,16,18). The summed E-state index contributed by atoms with van der Waals surface area (Å²) >= 11 is 0. The highest BCUT2D eigenvalue weighted by Gasteiger charge is 2.28. The maximum Gasteiger partial charge on any atom is 0.407 e. The Labute approximate surface area is 118 Å². The molecule has 1 saturated carbocycles. The van der Waals surface area contributed by atoms with Gasteiger partial charge in [-0.15, -0.1) is 0 Å². The summed E-state index contributed by atoms with van der Waals surface area (Å²) in [5.41, 5.74) is 0.937. The highest BCUT2D eigenvalue weighted by Crippen LogP contribution is 2.21. The average Bonchev–Trinajstić information content (AvgIpc) is 2.49. The SMILES string of the molecule is O=COC1CCCCC1NC(=O)OCc1ccccc1. The molecule has 108 valence electrons. The Hall–Kier alpha value is -2.04. The number of carbonyl (C=O) groups is 2. The summed E-state index contributed by atoms with van der Waals surface area (Å²) in [4.78, 5) is 22.2. The third-order valence-corrected chi connectivity index (χ3v) is 3.45. The molecular weight excluding hydrogens is 258 g/mol. The highest BCUT2D eigenvalue weighted by molar-refractivity contribution is 5.67. The number of nitrogens with one attached hydrogen (secondary N) is 1. The number of ether oxygens (including phenoxy) is 2. The summed E-state index contributed by atoms with van der Waals surface area (Å²) in [6, 6.07) is 9.33. The fraction of sp³-hybridized carbons (Fsp3) is 0.467. The van der Waals surface area contributed by atoms with E-state index in [0.717, 1.165) is 31.2 Å². The van der Waals surface area contributed by atoms with Gasteiger partial charge in [-0.2, -0.15) is 0 Å². The van der Waals surface area contributed by atoms with Gasteiger partial charge in [0.2, 0.25) is 0 Å². The van der Waals surface area contributed by atoms with E-state index in [2.05, 4.69) is 5.32 Å². The summed E-state index contributed by atoms with van der Waals surface area (Å²) < 4.78 is 10.2. The van der Waals surface area contributed by atoms with Crippen LogP contribution in [0.15, 0.2) is 30.3 Å². The lowest BCUT2D eigenvalue weighted by Crippen LogP contribution is -2.46. The van der Waals surface area contributed by atoms with Crippen LogP contribution >= 0.6 is 0 Å². The van der Waals surface area contributed by atoms with Crippen LogP contribution in [0.5, 0.6) is 0 Å². The van der Waals surface area contributed by atoms with E-state index in [1.54, 1.807) is 0 Å². The number of rotatable bonds is 5. The molecule has 1 aliphatic rings. The van der Waals surface area contributed by atoms with E-state index < -0.39 is 6.09 Å². The van der Waals surface area contributed by atoms with Crippen LogP contribution in [-0.2, 0) is 20.9 Å². The van der Waals surface area contributed by atoms with Crippen molar-refractivity contribution >= 4 is 12.6 Å². The lowest BCUT2D eigenvalue weighted by Gasteiger charge is -2.30. The summed E-state index contributed by atoms with van der Waals surface area (Å²) in [5.74, 6) is 0. The molecule has 20 heavy (non-hydrogen) atoms. The number of carbonyl (C=O) groups excluding carboxylic acids is 2. The van der Waals surface area contributed by atoms with Crippen molar-refractivity contribution in [1.29, 1.82) is 0 Å². The normalized spacial score (nSPS) is 21.8. The molecule has 1 aliphatic carbocycles. The zero-order valence-electron chi connectivity index (χ0n) is 11.3. The van der Waals surface area contributed by atoms with Gasteiger partial charge in [-0.3, -0.25) is 4.79 Å². The lowest BCUT2D eigenvalue weighted by molar-refractivity contribution is -0.136. The Morgan fingerprint density at radius 3 is 2.75 bits per heavy atom. The Balaban J connectivity index is 1.79. The van der Waals surface area contributed by atoms with Crippen LogP contribution in [0, 0.1) is 0 Å². The van der Waals surface area contributed by atoms with Gasteiger partial charge in [-0.25, -0.2) is 4.79 Å². The van der Waals surface area contributed by atoms with Gasteiger partial charge >= 0.3 is 6.09 Å². The molecule has 1 fully saturated rings. The minimum Gasteiger partial charge on any atom is -0.462 e. The molecule has 1 amide bonds. The van der Waals surface area contributed by atoms with E-state index in [4.69, 9.17) is 9.47 Å². The summed E-state index contributed by atoms with van der Waals surface area (Å²) in [6.07, 6.45) is 2.89. The molecule has 1 aromatic rings. The van der Waals surface area contributed by atoms with Crippen molar-refractivity contribution in [2.75, 3.05) is 0 Å². The molecule has 1 aromatic carbocycles. The van der Waals surface area contributed by atoms with E-state index in [1.807, 2.05) is 30.3 Å². The Morgan fingerprint density at radius 2 is 2.00 bits per heavy atom. The largest absolute Gasteiger partial charge is 0.462 e. The zero-order chi connectivity index (χ0) is 14.2. The summed E-state index contributed by atoms with van der Waals surface area (Å²) in [6.45, 7) is 0.679. The first-order valence-electron chi connectivity index (χ1n) is 6.86. The first-order chi connectivity index (χ1) is 9.79. The molecule has 0 aromatic heterocycles. The number of amides is 1. The van der Waals surface area contributed by atoms with Crippen LogP contribution < -0.4 is 5.32 Å². The summed E-state index contributed by atoms with van der Waals surface area (Å²) in [7, 11) is 0. The molecule has 0 heterocycles. The maximum atomic E-state index is 11.8. The number of benzene rings is 1. The van der Waals surface area contributed by atoms with Gasteiger partial charge in [0, 0.05) is 0 Å². The molecule has 0 spiro atoms. The first-order valence-corrected chi connectivity index (χ1v) is 6.86. The Bertz CT molecular complexity index is 435. The lowest BCUT2D eigenvalue weighted by atomic mass is 9.92. The zero-order valence-corrected chi connectivity index (χ0v) is 11.3. The molecule has 2 rings (SSSR count). The van der Waals surface area contributed by atoms with E-state index in [9.17, 15) is 9.59 Å². The second-order valence-electron chi connectivity index (χ2n) is 4.87. The van der Waals surface area contributed by atoms with Crippen molar-refractivity contribution in [3.8, 4) is 0 Å². The van der Waals surface area contributed by atoms with E-state index in [-0.39, 0.29) is 18.8 Å². The van der Waals surface area contributed by atoms with Crippen LogP contribution in [0.4, 0.5) is 4.79 Å². The molecule has 2 atom stereocenters. The number of alkyl carbamates (subject to hydrolysis) is 1. The molecular formula is C15H19NO4. The third kappa shape index (κ3) is 4.26. The molecule has 5 heteroatoms. The third-order valence-electron chi connectivity index (χ3n) is 3.45. The Morgan fingerprint density at radius 1 is 1.25 bits per heavy atom. The number of hydrogen-bond acceptors (Lipinski definition) is 4. The Kier molecular flexibility index (Phi) is 5.41. The van der Waals surface area contributed by atoms with Gasteiger partial charge < -0.3 is 14.8 Å². The molecule has 5 nitrogen and oxygen atoms in total. The van der Waals surface area contributed by atoms with Crippen molar-refractivity contribution in [3.63, 3.8) is 0 Å². The second kappa shape index (κ2) is 7.53. The fourth-order valence-corrected chi connectivity index (χ4v) is 2.41. The van der Waals surface area contributed by atoms with Gasteiger partial charge in [-0.1, -0.05) is 36.8 Å².